The van der Waals surface area contributed by atoms with Crippen molar-refractivity contribution >= 4 is 18.0 Å². The number of ether oxygens (including phenoxy) is 7. The van der Waals surface area contributed by atoms with Crippen molar-refractivity contribution in [3.05, 3.63) is 12.2 Å². The van der Waals surface area contributed by atoms with E-state index in [1.807, 2.05) is 0 Å². The van der Waals surface area contributed by atoms with E-state index in [0.717, 1.165) is 4.74 Å². The summed E-state index contributed by atoms with van der Waals surface area (Å²) in [6.07, 6.45) is -78.2. The third kappa shape index (κ3) is 13.3. The summed E-state index contributed by atoms with van der Waals surface area (Å²) in [6.45, 7) is 0.135. The van der Waals surface area contributed by atoms with Crippen LogP contribution in [0.3, 0.4) is 0 Å². The van der Waals surface area contributed by atoms with Gasteiger partial charge in [-0.2, -0.15) is 119 Å². The number of alkyl carbamates (subject to hydrolysis) is 1. The van der Waals surface area contributed by atoms with Gasteiger partial charge in [-0.3, -0.25) is 18.9 Å². The first-order chi connectivity index (χ1) is 30.7. The van der Waals surface area contributed by atoms with Gasteiger partial charge in [-0.25, -0.2) is 18.8 Å². The Morgan fingerprint density at radius 3 is 1.11 bits per heavy atom. The molecule has 70 heavy (non-hydrogen) atoms. The number of hydrogen-bond acceptors (Lipinski definition) is 10. The van der Waals surface area contributed by atoms with Crippen molar-refractivity contribution in [1.82, 2.24) is 5.32 Å². The molecular formula is C31H27F28NO10. The molecule has 0 radical (unpaired) electrons. The van der Waals surface area contributed by atoms with Crippen molar-refractivity contribution in [2.24, 2.45) is 11.8 Å². The lowest BCUT2D eigenvalue weighted by Crippen LogP contribution is -2.72. The minimum atomic E-state index is -9.21. The number of esters is 2. The third-order valence-electron chi connectivity index (χ3n) is 8.82. The number of rotatable bonds is 21. The van der Waals surface area contributed by atoms with Gasteiger partial charge >= 0.3 is 96.8 Å². The molecule has 0 aromatic rings. The van der Waals surface area contributed by atoms with Gasteiger partial charge < -0.3 is 19.5 Å². The van der Waals surface area contributed by atoms with Gasteiger partial charge in [-0.1, -0.05) is 6.58 Å². The van der Waals surface area contributed by atoms with Crippen LogP contribution in [-0.2, 0) is 42.7 Å². The second-order valence-electron chi connectivity index (χ2n) is 14.3. The zero-order valence-corrected chi connectivity index (χ0v) is 33.7. The summed E-state index contributed by atoms with van der Waals surface area (Å²) in [5, 5.41) is 2.12. The van der Waals surface area contributed by atoms with Crippen LogP contribution in [-0.4, -0.2) is 129 Å². The molecule has 11 nitrogen and oxygen atoms in total. The van der Waals surface area contributed by atoms with Crippen molar-refractivity contribution in [3.63, 3.8) is 0 Å². The summed E-state index contributed by atoms with van der Waals surface area (Å²) in [7, 11) is 0. The normalized spacial score (nSPS) is 21.7. The number of hydrogen-bond donors (Lipinski definition) is 1. The third-order valence-corrected chi connectivity index (χ3v) is 8.82. The van der Waals surface area contributed by atoms with Crippen molar-refractivity contribution in [3.8, 4) is 0 Å². The molecule has 1 N–H and O–H groups in total. The van der Waals surface area contributed by atoms with Crippen LogP contribution in [0.5, 0.6) is 0 Å². The van der Waals surface area contributed by atoms with Crippen LogP contribution in [0.4, 0.5) is 128 Å². The fourth-order valence-corrected chi connectivity index (χ4v) is 4.74. The van der Waals surface area contributed by atoms with E-state index in [9.17, 15) is 129 Å². The van der Waals surface area contributed by atoms with E-state index >= 15 is 8.78 Å². The predicted molar refractivity (Wildman–Crippen MR) is 161 cm³/mol. The molecule has 0 aromatic heterocycles. The van der Waals surface area contributed by atoms with E-state index < -0.39 is 134 Å². The average molecular weight is 1110 g/mol. The summed E-state index contributed by atoms with van der Waals surface area (Å²) < 4.78 is 407. The van der Waals surface area contributed by atoms with Crippen molar-refractivity contribution in [2.45, 2.75) is 124 Å². The molecule has 0 aromatic carbocycles. The van der Waals surface area contributed by atoms with E-state index in [1.165, 1.54) is 16.4 Å². The Bertz CT molecular complexity index is 1840. The molecule has 0 heterocycles. The van der Waals surface area contributed by atoms with Crippen LogP contribution in [0.25, 0.3) is 0 Å². The molecule has 0 aliphatic heterocycles. The fraction of sp³-hybridized carbons (Fsp3) is 0.839. The number of amides is 1. The molecule has 1 amide bonds. The van der Waals surface area contributed by atoms with E-state index in [-0.39, 0.29) is 44.4 Å². The van der Waals surface area contributed by atoms with E-state index in [0.29, 0.717) is 0 Å². The molecule has 39 heteroatoms. The summed E-state index contributed by atoms with van der Waals surface area (Å²) in [4.78, 5) is 35.1. The molecule has 1 aliphatic carbocycles. The molecule has 0 bridgehead atoms. The zero-order valence-electron chi connectivity index (χ0n) is 33.7. The van der Waals surface area contributed by atoms with Gasteiger partial charge in [-0.05, 0) is 51.4 Å². The highest BCUT2D eigenvalue weighted by Crippen LogP contribution is 2.61. The average Bonchev–Trinajstić information content (AvgIpc) is 3.14. The molecule has 1 rings (SSSR count). The molecule has 1 fully saturated rings. The van der Waals surface area contributed by atoms with E-state index in [4.69, 9.17) is 4.74 Å². The van der Waals surface area contributed by atoms with Crippen molar-refractivity contribution < 1.29 is 170 Å². The summed E-state index contributed by atoms with van der Waals surface area (Å²) in [5.74, 6) is -41.2. The van der Waals surface area contributed by atoms with Gasteiger partial charge in [0.15, 0.2) is 0 Å². The Labute approximate surface area is 368 Å². The van der Waals surface area contributed by atoms with Crippen LogP contribution < -0.4 is 5.32 Å². The fourth-order valence-electron chi connectivity index (χ4n) is 4.74. The number of halogens is 28. The van der Waals surface area contributed by atoms with Crippen LogP contribution in [0, 0.1) is 11.8 Å². The van der Waals surface area contributed by atoms with Gasteiger partial charge in [0.25, 0.3) is 5.67 Å². The van der Waals surface area contributed by atoms with E-state index in [1.54, 1.807) is 4.74 Å². The van der Waals surface area contributed by atoms with Gasteiger partial charge in [0.05, 0.1) is 19.8 Å². The molecular weight excluding hydrogens is 1080 g/mol. The lowest BCUT2D eigenvalue weighted by molar-refractivity contribution is -0.590. The predicted octanol–water partition coefficient (Wildman–Crippen LogP) is 10.8. The molecule has 0 saturated heterocycles. The van der Waals surface area contributed by atoms with Crippen LogP contribution in [0.2, 0.25) is 0 Å². The van der Waals surface area contributed by atoms with Crippen LogP contribution in [0.1, 0.15) is 39.5 Å². The molecule has 5 atom stereocenters. The Morgan fingerprint density at radius 2 is 0.800 bits per heavy atom. The topological polar surface area (TPSA) is 128 Å². The van der Waals surface area contributed by atoms with Crippen LogP contribution >= 0.6 is 0 Å². The van der Waals surface area contributed by atoms with Crippen LogP contribution in [0.15, 0.2) is 12.2 Å². The number of carbonyl (C=O) groups excluding carboxylic acids is 3. The highest BCUT2D eigenvalue weighted by atomic mass is 19.4. The monoisotopic (exact) mass is 1110 g/mol. The quantitative estimate of drug-likeness (QED) is 0.0390. The molecule has 1 aliphatic rings. The molecule has 1 saturated carbocycles. The lowest BCUT2D eigenvalue weighted by atomic mass is 9.83. The lowest BCUT2D eigenvalue weighted by Gasteiger charge is -2.44. The zero-order chi connectivity index (χ0) is 55.8. The Balaban J connectivity index is 3.53. The number of carbonyl (C=O) groups is 3. The number of nitrogens with one attached hydrogen (secondary N) is 1. The van der Waals surface area contributed by atoms with Crippen molar-refractivity contribution in [2.75, 3.05) is 26.4 Å². The number of alkyl halides is 28. The maximum atomic E-state index is 15.0. The van der Waals surface area contributed by atoms with Crippen molar-refractivity contribution in [1.29, 1.82) is 0 Å². The minimum absolute atomic E-state index is 0.00171. The maximum Gasteiger partial charge on any atom is 0.460 e. The first-order valence-electron chi connectivity index (χ1n) is 17.7. The molecule has 5 unspecified atom stereocenters. The largest absolute Gasteiger partial charge is 0.461 e. The second-order valence-corrected chi connectivity index (χ2v) is 14.3. The Morgan fingerprint density at radius 1 is 0.471 bits per heavy atom. The molecule has 412 valence electrons. The Kier molecular flexibility index (Phi) is 18.6. The van der Waals surface area contributed by atoms with E-state index in [2.05, 4.69) is 21.4 Å². The summed E-state index contributed by atoms with van der Waals surface area (Å²) >= 11 is 0. The highest BCUT2D eigenvalue weighted by molar-refractivity contribution is 5.86. The first-order valence-corrected chi connectivity index (χ1v) is 17.7. The maximum absolute atomic E-state index is 15.0. The van der Waals surface area contributed by atoms with Gasteiger partial charge in [-0.15, -0.1) is 0 Å². The minimum Gasteiger partial charge on any atom is -0.461 e. The first kappa shape index (κ1) is 63.8. The Hall–Kier alpha value is -4.17. The smallest absolute Gasteiger partial charge is 0.460 e. The summed E-state index contributed by atoms with van der Waals surface area (Å²) in [5.41, 5.74) is -6.95. The highest BCUT2D eigenvalue weighted by Gasteiger charge is 2.90. The molecule has 0 spiro atoms. The SMILES string of the molecule is C=C(C)C(=O)OCCNC(=O)OCC1CCC(COC(=O)C(F)(OC(F)(F)C(F)(OC(F)(F)C(F)(OC(F)(F)C(F)(OC(F)(F)C(C)(F)C(F)(F)F)C(F)(F)F)C(F)(F)F)C(F)(F)F)C(F)(F)F)CC1. The summed E-state index contributed by atoms with van der Waals surface area (Å²) in [6, 6.07) is 0. The second kappa shape index (κ2) is 20.4. The van der Waals surface area contributed by atoms with Gasteiger partial charge in [0.2, 0.25) is 0 Å². The van der Waals surface area contributed by atoms with Gasteiger partial charge in [0, 0.05) is 5.57 Å². The van der Waals surface area contributed by atoms with Gasteiger partial charge in [0.1, 0.15) is 6.61 Å². The standard InChI is InChI=1S/C31H27F28NO10/c1-12(2)15(61)64-9-8-60-17(63)66-11-14-6-4-13(5-7-14)10-65-16(62)19(33,24(40,41)42)67-29(54,55)20(34,25(43,44)45)69-31(58,59)22(36,27(49,50)51)70-30(56,57)21(35,26(46,47)48)68-28(52,53)18(3,32)23(37,38)39/h13-14H,1,4-11H2,2-3H3,(H,60,63).